The largest absolute Gasteiger partial charge is 0.417 e. The molecule has 0 radical (unpaired) electrons. The van der Waals surface area contributed by atoms with E-state index in [1.54, 1.807) is 0 Å². The maximum Gasteiger partial charge on any atom is 0.417 e. The molecule has 0 aliphatic heterocycles. The van der Waals surface area contributed by atoms with E-state index < -0.39 is 17.6 Å². The molecule has 3 aromatic rings. The van der Waals surface area contributed by atoms with Crippen LogP contribution in [0.2, 0.25) is 5.15 Å². The van der Waals surface area contributed by atoms with Gasteiger partial charge in [-0.2, -0.15) is 22.8 Å². The Morgan fingerprint density at radius 2 is 1.96 bits per heavy atom. The molecule has 1 amide bonds. The molecule has 1 N–H and O–H groups in total. The summed E-state index contributed by atoms with van der Waals surface area (Å²) in [6.07, 6.45) is -3.21. The average Bonchev–Trinajstić information content (AvgIpc) is 3.03. The number of halogens is 4. The number of carbonyl (C=O) groups is 1. The molecule has 0 atom stereocenters. The SMILES string of the molecule is N#Cc1c(-c2ccccc2C(F)(F)F)nsc1NC(=O)c1cccnc1Cl. The van der Waals surface area contributed by atoms with E-state index >= 15 is 0 Å². The van der Waals surface area contributed by atoms with Crippen molar-refractivity contribution in [3.05, 3.63) is 64.4 Å². The summed E-state index contributed by atoms with van der Waals surface area (Å²) in [5.74, 6) is -0.649. The van der Waals surface area contributed by atoms with E-state index in [0.29, 0.717) is 11.5 Å². The maximum atomic E-state index is 13.3. The lowest BCUT2D eigenvalue weighted by Gasteiger charge is -2.11. The van der Waals surface area contributed by atoms with Crippen LogP contribution in [-0.2, 0) is 6.18 Å². The Hall–Kier alpha value is -2.96. The van der Waals surface area contributed by atoms with Crippen molar-refractivity contribution >= 4 is 34.0 Å². The van der Waals surface area contributed by atoms with Crippen molar-refractivity contribution < 1.29 is 18.0 Å². The van der Waals surface area contributed by atoms with E-state index in [-0.39, 0.29) is 32.5 Å². The normalized spacial score (nSPS) is 11.1. The van der Waals surface area contributed by atoms with Gasteiger partial charge in [0.05, 0.1) is 11.1 Å². The number of pyridine rings is 1. The molecular formula is C17H8ClF3N4OS. The van der Waals surface area contributed by atoms with Gasteiger partial charge in [-0.05, 0) is 29.7 Å². The average molecular weight is 409 g/mol. The standard InChI is InChI=1S/C17H8ClF3N4OS/c18-14-10(5-3-7-23-14)15(26)24-16-11(8-22)13(25-27-16)9-4-1-2-6-12(9)17(19,20)21/h1-7H,(H,24,26). The Morgan fingerprint density at radius 1 is 1.22 bits per heavy atom. The first-order chi connectivity index (χ1) is 12.8. The van der Waals surface area contributed by atoms with Crippen LogP contribution in [0.25, 0.3) is 11.3 Å². The van der Waals surface area contributed by atoms with E-state index in [4.69, 9.17) is 11.6 Å². The molecule has 10 heteroatoms. The molecule has 0 bridgehead atoms. The van der Waals surface area contributed by atoms with Crippen LogP contribution in [0.4, 0.5) is 18.2 Å². The number of nitriles is 1. The number of alkyl halides is 3. The highest BCUT2D eigenvalue weighted by Crippen LogP contribution is 2.40. The van der Waals surface area contributed by atoms with Crippen LogP contribution < -0.4 is 5.32 Å². The first kappa shape index (κ1) is 18.8. The molecule has 5 nitrogen and oxygen atoms in total. The van der Waals surface area contributed by atoms with Crippen molar-refractivity contribution in [2.75, 3.05) is 5.32 Å². The lowest BCUT2D eigenvalue weighted by Crippen LogP contribution is -2.13. The number of amides is 1. The highest BCUT2D eigenvalue weighted by atomic mass is 35.5. The Labute approximate surface area is 160 Å². The first-order valence-corrected chi connectivity index (χ1v) is 8.46. The van der Waals surface area contributed by atoms with Gasteiger partial charge in [0, 0.05) is 11.8 Å². The second kappa shape index (κ2) is 7.34. The van der Waals surface area contributed by atoms with Gasteiger partial charge >= 0.3 is 6.18 Å². The number of aromatic nitrogens is 2. The number of hydrogen-bond donors (Lipinski definition) is 1. The minimum atomic E-state index is -4.61. The van der Waals surface area contributed by atoms with Gasteiger partial charge in [-0.15, -0.1) is 0 Å². The van der Waals surface area contributed by atoms with Crippen LogP contribution in [0.5, 0.6) is 0 Å². The maximum absolute atomic E-state index is 13.3. The monoisotopic (exact) mass is 408 g/mol. The van der Waals surface area contributed by atoms with Crippen LogP contribution in [-0.4, -0.2) is 15.3 Å². The van der Waals surface area contributed by atoms with E-state index in [9.17, 15) is 23.2 Å². The zero-order valence-corrected chi connectivity index (χ0v) is 14.8. The van der Waals surface area contributed by atoms with Crippen molar-refractivity contribution in [1.29, 1.82) is 5.26 Å². The van der Waals surface area contributed by atoms with Crippen molar-refractivity contribution in [3.8, 4) is 17.3 Å². The van der Waals surface area contributed by atoms with E-state index in [1.807, 2.05) is 6.07 Å². The Kier molecular flexibility index (Phi) is 5.12. The Morgan fingerprint density at radius 3 is 2.63 bits per heavy atom. The van der Waals surface area contributed by atoms with Crippen LogP contribution in [0.15, 0.2) is 42.6 Å². The second-order valence-corrected chi connectivity index (χ2v) is 6.32. The Balaban J connectivity index is 2.02. The molecule has 0 saturated heterocycles. The number of rotatable bonds is 3. The van der Waals surface area contributed by atoms with Crippen molar-refractivity contribution in [2.45, 2.75) is 6.18 Å². The molecule has 2 aromatic heterocycles. The van der Waals surface area contributed by atoms with Gasteiger partial charge in [-0.3, -0.25) is 4.79 Å². The van der Waals surface area contributed by atoms with Gasteiger partial charge in [0.1, 0.15) is 27.5 Å². The fourth-order valence-corrected chi connectivity index (χ4v) is 3.27. The molecule has 0 spiro atoms. The first-order valence-electron chi connectivity index (χ1n) is 7.31. The van der Waals surface area contributed by atoms with Gasteiger partial charge < -0.3 is 5.32 Å². The predicted molar refractivity (Wildman–Crippen MR) is 94.5 cm³/mol. The van der Waals surface area contributed by atoms with Gasteiger partial charge in [0.25, 0.3) is 5.91 Å². The summed E-state index contributed by atoms with van der Waals surface area (Å²) >= 11 is 6.57. The number of anilines is 1. The third-order valence-electron chi connectivity index (χ3n) is 3.52. The number of carbonyl (C=O) groups excluding carboxylic acids is 1. The summed E-state index contributed by atoms with van der Waals surface area (Å²) in [6.45, 7) is 0. The minimum absolute atomic E-state index is 0.0226. The summed E-state index contributed by atoms with van der Waals surface area (Å²) in [5, 5.41) is 11.9. The smallest absolute Gasteiger partial charge is 0.311 e. The van der Waals surface area contributed by atoms with Crippen molar-refractivity contribution in [2.24, 2.45) is 0 Å². The van der Waals surface area contributed by atoms with Crippen molar-refractivity contribution in [3.63, 3.8) is 0 Å². The highest BCUT2D eigenvalue weighted by molar-refractivity contribution is 7.11. The zero-order valence-electron chi connectivity index (χ0n) is 13.2. The third-order valence-corrected chi connectivity index (χ3v) is 4.59. The molecule has 0 unspecified atom stereocenters. The number of nitrogens with zero attached hydrogens (tertiary/aromatic N) is 3. The molecule has 0 fully saturated rings. The molecule has 0 saturated carbocycles. The molecule has 1 aromatic carbocycles. The van der Waals surface area contributed by atoms with Gasteiger partial charge in [-0.1, -0.05) is 29.8 Å². The van der Waals surface area contributed by atoms with E-state index in [2.05, 4.69) is 14.7 Å². The summed E-state index contributed by atoms with van der Waals surface area (Å²) in [6, 6.07) is 9.54. The fourth-order valence-electron chi connectivity index (χ4n) is 2.33. The molecule has 136 valence electrons. The second-order valence-electron chi connectivity index (χ2n) is 5.19. The minimum Gasteiger partial charge on any atom is -0.311 e. The molecule has 3 rings (SSSR count). The highest BCUT2D eigenvalue weighted by Gasteiger charge is 2.35. The molecule has 0 aliphatic rings. The van der Waals surface area contributed by atoms with Crippen LogP contribution >= 0.6 is 23.1 Å². The summed E-state index contributed by atoms with van der Waals surface area (Å²) < 4.78 is 43.7. The van der Waals surface area contributed by atoms with Crippen LogP contribution in [0.3, 0.4) is 0 Å². The summed E-state index contributed by atoms with van der Waals surface area (Å²) in [4.78, 5) is 16.1. The van der Waals surface area contributed by atoms with Gasteiger partial charge in [0.2, 0.25) is 0 Å². The molecule has 2 heterocycles. The molecule has 27 heavy (non-hydrogen) atoms. The van der Waals surface area contributed by atoms with Crippen LogP contribution in [0.1, 0.15) is 21.5 Å². The lowest BCUT2D eigenvalue weighted by molar-refractivity contribution is -0.137. The van der Waals surface area contributed by atoms with Gasteiger partial charge in [-0.25, -0.2) is 4.98 Å². The fraction of sp³-hybridized carbons (Fsp3) is 0.0588. The van der Waals surface area contributed by atoms with Gasteiger partial charge in [0.15, 0.2) is 0 Å². The number of benzene rings is 1. The number of nitrogens with one attached hydrogen (secondary N) is 1. The lowest BCUT2D eigenvalue weighted by atomic mass is 10.0. The third kappa shape index (κ3) is 3.77. The zero-order chi connectivity index (χ0) is 19.6. The summed E-state index contributed by atoms with van der Waals surface area (Å²) in [5.41, 5.74) is -1.40. The predicted octanol–water partition coefficient (Wildman–Crippen LogP) is 5.00. The quantitative estimate of drug-likeness (QED) is 0.618. The van der Waals surface area contributed by atoms with Crippen molar-refractivity contribution in [1.82, 2.24) is 9.36 Å². The van der Waals surface area contributed by atoms with Crippen LogP contribution in [0, 0.1) is 11.3 Å². The van der Waals surface area contributed by atoms with E-state index in [0.717, 1.165) is 6.07 Å². The number of hydrogen-bond acceptors (Lipinski definition) is 5. The topological polar surface area (TPSA) is 78.7 Å². The summed E-state index contributed by atoms with van der Waals surface area (Å²) in [7, 11) is 0. The molecular weight excluding hydrogens is 401 g/mol. The van der Waals surface area contributed by atoms with E-state index in [1.165, 1.54) is 36.5 Å². The molecule has 0 aliphatic carbocycles. The Bertz CT molecular complexity index is 1060.